The van der Waals surface area contributed by atoms with Crippen molar-refractivity contribution >= 4 is 27.2 Å². The van der Waals surface area contributed by atoms with Crippen LogP contribution in [-0.2, 0) is 10.0 Å². The predicted octanol–water partition coefficient (Wildman–Crippen LogP) is 1.87. The average Bonchev–Trinajstić information content (AvgIpc) is 2.31. The van der Waals surface area contributed by atoms with Gasteiger partial charge >= 0.3 is 0 Å². The second-order valence-electron chi connectivity index (χ2n) is 4.27. The maximum absolute atomic E-state index is 13.2. The van der Waals surface area contributed by atoms with Crippen molar-refractivity contribution in [2.24, 2.45) is 5.73 Å². The van der Waals surface area contributed by atoms with Crippen LogP contribution >= 0.6 is 12.2 Å². The molecule has 0 bridgehead atoms. The first-order valence-corrected chi connectivity index (χ1v) is 7.75. The SMILES string of the molecule is CCCC(NS(=O)(=O)c1cc(F)ccc1C)C(N)=S. The van der Waals surface area contributed by atoms with Gasteiger partial charge < -0.3 is 5.73 Å². The maximum atomic E-state index is 13.2. The van der Waals surface area contributed by atoms with Gasteiger partial charge in [-0.15, -0.1) is 0 Å². The van der Waals surface area contributed by atoms with Crippen molar-refractivity contribution in [3.63, 3.8) is 0 Å². The second kappa shape index (κ2) is 6.40. The minimum Gasteiger partial charge on any atom is -0.392 e. The van der Waals surface area contributed by atoms with Crippen LogP contribution in [0.2, 0.25) is 0 Å². The number of benzene rings is 1. The highest BCUT2D eigenvalue weighted by Gasteiger charge is 2.23. The summed E-state index contributed by atoms with van der Waals surface area (Å²) in [6.07, 6.45) is 1.23. The summed E-state index contributed by atoms with van der Waals surface area (Å²) in [6.45, 7) is 3.50. The number of aryl methyl sites for hydroxylation is 1. The van der Waals surface area contributed by atoms with Crippen molar-refractivity contribution in [2.45, 2.75) is 37.6 Å². The fourth-order valence-electron chi connectivity index (χ4n) is 1.66. The van der Waals surface area contributed by atoms with Gasteiger partial charge in [-0.2, -0.15) is 0 Å². The summed E-state index contributed by atoms with van der Waals surface area (Å²) >= 11 is 4.84. The van der Waals surface area contributed by atoms with Gasteiger partial charge in [-0.3, -0.25) is 0 Å². The van der Waals surface area contributed by atoms with Gasteiger partial charge in [-0.25, -0.2) is 17.5 Å². The third-order valence-electron chi connectivity index (χ3n) is 2.66. The normalized spacial score (nSPS) is 13.2. The fourth-order valence-corrected chi connectivity index (χ4v) is 3.42. The minimum absolute atomic E-state index is 0.0829. The third-order valence-corrected chi connectivity index (χ3v) is 4.56. The molecule has 7 heteroatoms. The summed E-state index contributed by atoms with van der Waals surface area (Å²) in [5.41, 5.74) is 5.97. The van der Waals surface area contributed by atoms with E-state index in [4.69, 9.17) is 18.0 Å². The molecular formula is C12H17FN2O2S2. The molecule has 106 valence electrons. The van der Waals surface area contributed by atoms with Gasteiger partial charge in [0.15, 0.2) is 0 Å². The molecule has 1 atom stereocenters. The summed E-state index contributed by atoms with van der Waals surface area (Å²) in [5, 5.41) is 0. The number of hydrogen-bond donors (Lipinski definition) is 2. The number of halogens is 1. The fraction of sp³-hybridized carbons (Fsp3) is 0.417. The Morgan fingerprint density at radius 2 is 2.16 bits per heavy atom. The van der Waals surface area contributed by atoms with E-state index in [1.54, 1.807) is 6.92 Å². The van der Waals surface area contributed by atoms with E-state index in [0.29, 0.717) is 12.0 Å². The van der Waals surface area contributed by atoms with Crippen molar-refractivity contribution < 1.29 is 12.8 Å². The van der Waals surface area contributed by atoms with Crippen molar-refractivity contribution in [3.05, 3.63) is 29.6 Å². The molecule has 0 amide bonds. The van der Waals surface area contributed by atoms with Gasteiger partial charge in [-0.1, -0.05) is 31.6 Å². The first-order chi connectivity index (χ1) is 8.77. The molecule has 19 heavy (non-hydrogen) atoms. The van der Waals surface area contributed by atoms with Gasteiger partial charge in [0.2, 0.25) is 10.0 Å². The Balaban J connectivity index is 3.10. The van der Waals surface area contributed by atoms with E-state index in [1.165, 1.54) is 12.1 Å². The van der Waals surface area contributed by atoms with Crippen LogP contribution in [0.3, 0.4) is 0 Å². The summed E-state index contributed by atoms with van der Waals surface area (Å²) < 4.78 is 40.0. The molecule has 0 heterocycles. The zero-order valence-corrected chi connectivity index (χ0v) is 12.4. The number of thiocarbonyl (C=S) groups is 1. The molecule has 3 N–H and O–H groups in total. The summed E-state index contributed by atoms with van der Waals surface area (Å²) in [5.74, 6) is -0.603. The summed E-state index contributed by atoms with van der Waals surface area (Å²) in [7, 11) is -3.84. The quantitative estimate of drug-likeness (QED) is 0.787. The van der Waals surface area contributed by atoms with Crippen LogP contribution in [0.1, 0.15) is 25.3 Å². The van der Waals surface area contributed by atoms with Crippen molar-refractivity contribution in [2.75, 3.05) is 0 Å². The Morgan fingerprint density at radius 3 is 2.68 bits per heavy atom. The molecule has 0 aliphatic rings. The van der Waals surface area contributed by atoms with Crippen LogP contribution in [0.5, 0.6) is 0 Å². The predicted molar refractivity (Wildman–Crippen MR) is 76.9 cm³/mol. The number of hydrogen-bond acceptors (Lipinski definition) is 3. The molecule has 0 radical (unpaired) electrons. The highest BCUT2D eigenvalue weighted by atomic mass is 32.2. The van der Waals surface area contributed by atoms with Crippen LogP contribution in [0.25, 0.3) is 0 Å². The second-order valence-corrected chi connectivity index (χ2v) is 6.43. The van der Waals surface area contributed by atoms with Gasteiger partial charge in [0.1, 0.15) is 5.82 Å². The summed E-state index contributed by atoms with van der Waals surface area (Å²) in [6, 6.07) is 3.00. The highest BCUT2D eigenvalue weighted by molar-refractivity contribution is 7.89. The number of nitrogens with one attached hydrogen (secondary N) is 1. The molecule has 0 fully saturated rings. The van der Waals surface area contributed by atoms with Crippen LogP contribution in [0, 0.1) is 12.7 Å². The van der Waals surface area contributed by atoms with Gasteiger partial charge in [0, 0.05) is 0 Å². The molecule has 1 rings (SSSR count). The van der Waals surface area contributed by atoms with Crippen LogP contribution in [-0.4, -0.2) is 19.4 Å². The molecule has 1 aromatic rings. The summed E-state index contributed by atoms with van der Waals surface area (Å²) in [4.78, 5) is -0.00988. The smallest absolute Gasteiger partial charge is 0.241 e. The van der Waals surface area contributed by atoms with Crippen molar-refractivity contribution in [1.29, 1.82) is 0 Å². The van der Waals surface area contributed by atoms with E-state index in [0.717, 1.165) is 12.5 Å². The largest absolute Gasteiger partial charge is 0.392 e. The van der Waals surface area contributed by atoms with E-state index in [9.17, 15) is 12.8 Å². The van der Waals surface area contributed by atoms with E-state index < -0.39 is 21.9 Å². The lowest BCUT2D eigenvalue weighted by atomic mass is 10.2. The highest BCUT2D eigenvalue weighted by Crippen LogP contribution is 2.17. The lowest BCUT2D eigenvalue weighted by molar-refractivity contribution is 0.563. The van der Waals surface area contributed by atoms with Crippen LogP contribution < -0.4 is 10.5 Å². The average molecular weight is 304 g/mol. The minimum atomic E-state index is -3.84. The standard InChI is InChI=1S/C12H17FN2O2S2/c1-3-4-10(12(14)18)15-19(16,17)11-7-9(13)6-5-8(11)2/h5-7,10,15H,3-4H2,1-2H3,(H2,14,18). The van der Waals surface area contributed by atoms with E-state index in [-0.39, 0.29) is 9.88 Å². The monoisotopic (exact) mass is 304 g/mol. The Bertz CT molecular complexity index is 573. The Labute approximate surface area is 118 Å². The Hall–Kier alpha value is -1.05. The molecule has 0 spiro atoms. The molecule has 0 aliphatic heterocycles. The molecule has 0 saturated carbocycles. The lowest BCUT2D eigenvalue weighted by Crippen LogP contribution is -2.43. The Morgan fingerprint density at radius 1 is 1.53 bits per heavy atom. The Kier molecular flexibility index (Phi) is 5.39. The van der Waals surface area contributed by atoms with Gasteiger partial charge in [0.05, 0.1) is 15.9 Å². The third kappa shape index (κ3) is 4.22. The number of rotatable bonds is 6. The zero-order chi connectivity index (χ0) is 14.6. The molecule has 4 nitrogen and oxygen atoms in total. The van der Waals surface area contributed by atoms with E-state index in [2.05, 4.69) is 4.72 Å². The number of nitrogens with two attached hydrogens (primary N) is 1. The molecule has 0 aliphatic carbocycles. The van der Waals surface area contributed by atoms with Crippen LogP contribution in [0.4, 0.5) is 4.39 Å². The maximum Gasteiger partial charge on any atom is 0.241 e. The van der Waals surface area contributed by atoms with E-state index >= 15 is 0 Å². The van der Waals surface area contributed by atoms with Crippen LogP contribution in [0.15, 0.2) is 23.1 Å². The van der Waals surface area contributed by atoms with Gasteiger partial charge in [-0.05, 0) is 31.0 Å². The van der Waals surface area contributed by atoms with Crippen molar-refractivity contribution in [1.82, 2.24) is 4.72 Å². The molecule has 1 aromatic carbocycles. The number of sulfonamides is 1. The first-order valence-electron chi connectivity index (χ1n) is 5.85. The topological polar surface area (TPSA) is 72.2 Å². The van der Waals surface area contributed by atoms with Gasteiger partial charge in [0.25, 0.3) is 0 Å². The molecule has 1 unspecified atom stereocenters. The van der Waals surface area contributed by atoms with Crippen molar-refractivity contribution in [3.8, 4) is 0 Å². The lowest BCUT2D eigenvalue weighted by Gasteiger charge is -2.17. The zero-order valence-electron chi connectivity index (χ0n) is 10.8. The molecular weight excluding hydrogens is 287 g/mol. The first kappa shape index (κ1) is 16.0. The van der Waals surface area contributed by atoms with E-state index in [1.807, 2.05) is 6.92 Å². The molecule has 0 saturated heterocycles. The molecule has 0 aromatic heterocycles.